The highest BCUT2D eigenvalue weighted by Gasteiger charge is 2.50. The van der Waals surface area contributed by atoms with Gasteiger partial charge in [-0.25, -0.2) is 0 Å². The van der Waals surface area contributed by atoms with Crippen molar-refractivity contribution < 1.29 is 19.1 Å². The zero-order chi connectivity index (χ0) is 25.9. The minimum Gasteiger partial charge on any atom is -0.465 e. The molecule has 35 heavy (non-hydrogen) atoms. The zero-order valence-electron chi connectivity index (χ0n) is 23.2. The van der Waals surface area contributed by atoms with Gasteiger partial charge in [0.2, 0.25) is 0 Å². The van der Waals surface area contributed by atoms with Gasteiger partial charge in [0.1, 0.15) is 0 Å². The minimum absolute atomic E-state index is 0.273. The lowest BCUT2D eigenvalue weighted by atomic mass is 9.78. The number of carbonyl (C=O) groups is 2. The number of hydrogen-bond acceptors (Lipinski definition) is 5. The largest absolute Gasteiger partial charge is 0.465 e. The van der Waals surface area contributed by atoms with Crippen LogP contribution in [0.2, 0.25) is 0 Å². The fourth-order valence-corrected chi connectivity index (χ4v) is 4.66. The Kier molecular flexibility index (Phi) is 16.4. The molecule has 1 aliphatic rings. The van der Waals surface area contributed by atoms with Crippen molar-refractivity contribution in [3.8, 4) is 0 Å². The van der Waals surface area contributed by atoms with Gasteiger partial charge in [-0.3, -0.25) is 14.5 Å². The molecule has 1 aromatic carbocycles. The first kappa shape index (κ1) is 31.2. The molecular formula is C30H51NO4. The van der Waals surface area contributed by atoms with Crippen molar-refractivity contribution >= 4 is 11.9 Å². The van der Waals surface area contributed by atoms with E-state index in [-0.39, 0.29) is 13.2 Å². The van der Waals surface area contributed by atoms with E-state index in [0.29, 0.717) is 25.9 Å². The maximum atomic E-state index is 12.6. The topological polar surface area (TPSA) is 55.8 Å². The number of likely N-dealkylation sites (tertiary alicyclic amines) is 1. The second-order valence-corrected chi connectivity index (χ2v) is 9.34. The molecule has 0 amide bonds. The number of carbonyl (C=O) groups excluding carboxylic acids is 2. The number of esters is 2. The molecule has 1 aliphatic heterocycles. The highest BCUT2D eigenvalue weighted by atomic mass is 16.6. The lowest BCUT2D eigenvalue weighted by molar-refractivity contribution is -0.176. The highest BCUT2D eigenvalue weighted by Crippen LogP contribution is 2.35. The lowest BCUT2D eigenvalue weighted by Crippen LogP contribution is -2.50. The Morgan fingerprint density at radius 3 is 1.69 bits per heavy atom. The number of nitrogens with zero attached hydrogens (tertiary/aromatic N) is 1. The first-order valence-electron chi connectivity index (χ1n) is 14.2. The van der Waals surface area contributed by atoms with Crippen LogP contribution < -0.4 is 0 Å². The van der Waals surface area contributed by atoms with Gasteiger partial charge in [-0.05, 0) is 50.7 Å². The van der Waals surface area contributed by atoms with E-state index >= 15 is 0 Å². The Morgan fingerprint density at radius 2 is 1.20 bits per heavy atom. The third-order valence-corrected chi connectivity index (χ3v) is 6.79. The summed E-state index contributed by atoms with van der Waals surface area (Å²) >= 11 is 0. The first-order valence-corrected chi connectivity index (χ1v) is 14.2. The second kappa shape index (κ2) is 18.4. The van der Waals surface area contributed by atoms with Crippen molar-refractivity contribution in [1.82, 2.24) is 4.90 Å². The van der Waals surface area contributed by atoms with Crippen molar-refractivity contribution in [2.45, 2.75) is 112 Å². The monoisotopic (exact) mass is 489 g/mol. The number of hydrogen-bond donors (Lipinski definition) is 0. The fraction of sp³-hybridized carbons (Fsp3) is 0.733. The number of rotatable bonds is 15. The standard InChI is InChI=1S/C28H45NO4.C2H6/c1-4-7-8-9-10-11-12-13-14-24-15-17-25(18-16-24)23-29-21-19-28(20-22-29,26(30)32-5-2)27(31)33-6-3;1-2/h15-18H,4-14,19-23H2,1-3H3;1-2H3. The van der Waals surface area contributed by atoms with Gasteiger partial charge in [0, 0.05) is 19.6 Å². The summed E-state index contributed by atoms with van der Waals surface area (Å²) in [6.45, 7) is 12.5. The summed E-state index contributed by atoms with van der Waals surface area (Å²) in [5.74, 6) is -0.873. The van der Waals surface area contributed by atoms with E-state index in [1.807, 2.05) is 13.8 Å². The Balaban J connectivity index is 0.00000298. The quantitative estimate of drug-likeness (QED) is 0.149. The summed E-state index contributed by atoms with van der Waals surface area (Å²) in [5.41, 5.74) is 1.53. The maximum absolute atomic E-state index is 12.6. The van der Waals surface area contributed by atoms with Crippen molar-refractivity contribution in [3.63, 3.8) is 0 Å². The molecule has 0 aromatic heterocycles. The lowest BCUT2D eigenvalue weighted by Gasteiger charge is -2.38. The predicted molar refractivity (Wildman–Crippen MR) is 144 cm³/mol. The third-order valence-electron chi connectivity index (χ3n) is 6.79. The van der Waals surface area contributed by atoms with E-state index in [2.05, 4.69) is 36.1 Å². The van der Waals surface area contributed by atoms with Crippen LogP contribution in [0, 0.1) is 5.41 Å². The van der Waals surface area contributed by atoms with Gasteiger partial charge in [-0.15, -0.1) is 0 Å². The van der Waals surface area contributed by atoms with Gasteiger partial charge in [-0.1, -0.05) is 90.0 Å². The van der Waals surface area contributed by atoms with Crippen molar-refractivity contribution in [1.29, 1.82) is 0 Å². The van der Waals surface area contributed by atoms with E-state index < -0.39 is 17.4 Å². The molecule has 0 spiro atoms. The Hall–Kier alpha value is -1.88. The summed E-state index contributed by atoms with van der Waals surface area (Å²) in [6, 6.07) is 8.95. The molecule has 0 aliphatic carbocycles. The molecule has 1 aromatic rings. The van der Waals surface area contributed by atoms with Gasteiger partial charge in [0.05, 0.1) is 13.2 Å². The fourth-order valence-electron chi connectivity index (χ4n) is 4.66. The van der Waals surface area contributed by atoms with Crippen molar-refractivity contribution in [2.24, 2.45) is 5.41 Å². The van der Waals surface area contributed by atoms with E-state index in [0.717, 1.165) is 13.0 Å². The number of ether oxygens (including phenoxy) is 2. The van der Waals surface area contributed by atoms with Crippen LogP contribution in [0.3, 0.4) is 0 Å². The molecule has 0 unspecified atom stereocenters. The maximum Gasteiger partial charge on any atom is 0.323 e. The molecule has 0 bridgehead atoms. The first-order chi connectivity index (χ1) is 17.1. The average molecular weight is 490 g/mol. The second-order valence-electron chi connectivity index (χ2n) is 9.34. The number of piperidine rings is 1. The predicted octanol–water partition coefficient (Wildman–Crippen LogP) is 7.10. The number of aryl methyl sites for hydroxylation is 1. The number of unbranched alkanes of at least 4 members (excludes halogenated alkanes) is 7. The van der Waals surface area contributed by atoms with Crippen LogP contribution in [0.25, 0.3) is 0 Å². The molecule has 0 N–H and O–H groups in total. The molecule has 0 radical (unpaired) electrons. The van der Waals surface area contributed by atoms with Gasteiger partial charge >= 0.3 is 11.9 Å². The molecule has 5 nitrogen and oxygen atoms in total. The van der Waals surface area contributed by atoms with Crippen LogP contribution in [-0.4, -0.2) is 43.1 Å². The smallest absolute Gasteiger partial charge is 0.323 e. The van der Waals surface area contributed by atoms with Crippen LogP contribution in [0.4, 0.5) is 0 Å². The summed E-state index contributed by atoms with van der Waals surface area (Å²) in [4.78, 5) is 27.5. The summed E-state index contributed by atoms with van der Waals surface area (Å²) in [7, 11) is 0. The summed E-state index contributed by atoms with van der Waals surface area (Å²) < 4.78 is 10.5. The summed E-state index contributed by atoms with van der Waals surface area (Å²) in [6.07, 6.45) is 12.8. The van der Waals surface area contributed by atoms with Crippen LogP contribution in [0.1, 0.15) is 110 Å². The molecule has 5 heteroatoms. The third kappa shape index (κ3) is 10.7. The van der Waals surface area contributed by atoms with E-state index in [1.165, 1.54) is 62.5 Å². The van der Waals surface area contributed by atoms with Gasteiger partial charge in [0.15, 0.2) is 5.41 Å². The van der Waals surface area contributed by atoms with Crippen LogP contribution in [-0.2, 0) is 32.0 Å². The SMILES string of the molecule is CC.CCCCCCCCCCc1ccc(CN2CCC(C(=O)OCC)(C(=O)OCC)CC2)cc1. The highest BCUT2D eigenvalue weighted by molar-refractivity contribution is 6.00. The minimum atomic E-state index is -1.15. The molecular weight excluding hydrogens is 438 g/mol. The van der Waals surface area contributed by atoms with Crippen LogP contribution in [0.15, 0.2) is 24.3 Å². The van der Waals surface area contributed by atoms with Crippen LogP contribution >= 0.6 is 0 Å². The molecule has 0 saturated carbocycles. The normalized spacial score (nSPS) is 15.1. The van der Waals surface area contributed by atoms with Crippen molar-refractivity contribution in [3.05, 3.63) is 35.4 Å². The molecule has 1 fully saturated rings. The van der Waals surface area contributed by atoms with Gasteiger partial charge in [-0.2, -0.15) is 0 Å². The number of benzene rings is 1. The van der Waals surface area contributed by atoms with Crippen LogP contribution in [0.5, 0.6) is 0 Å². The van der Waals surface area contributed by atoms with Gasteiger partial charge < -0.3 is 9.47 Å². The zero-order valence-corrected chi connectivity index (χ0v) is 23.2. The average Bonchev–Trinajstić information content (AvgIpc) is 2.88. The molecule has 0 atom stereocenters. The Labute approximate surface area is 214 Å². The summed E-state index contributed by atoms with van der Waals surface area (Å²) in [5, 5.41) is 0. The van der Waals surface area contributed by atoms with Gasteiger partial charge in [0.25, 0.3) is 0 Å². The van der Waals surface area contributed by atoms with E-state index in [1.54, 1.807) is 13.8 Å². The molecule has 200 valence electrons. The molecule has 2 rings (SSSR count). The Bertz CT molecular complexity index is 673. The Morgan fingerprint density at radius 1 is 0.743 bits per heavy atom. The molecule has 1 heterocycles. The van der Waals surface area contributed by atoms with Crippen molar-refractivity contribution in [2.75, 3.05) is 26.3 Å². The molecule has 1 saturated heterocycles. The van der Waals surface area contributed by atoms with E-state index in [9.17, 15) is 9.59 Å². The van der Waals surface area contributed by atoms with E-state index in [4.69, 9.17) is 9.47 Å².